The minimum atomic E-state index is -4.42. The van der Waals surface area contributed by atoms with Gasteiger partial charge >= 0.3 is 12.1 Å². The third-order valence-electron chi connectivity index (χ3n) is 7.11. The fraction of sp³-hybridized carbons (Fsp3) is 0.652. The van der Waals surface area contributed by atoms with Crippen LogP contribution in [0.15, 0.2) is 18.2 Å². The molecule has 170 valence electrons. The molecule has 2 unspecified atom stereocenters. The van der Waals surface area contributed by atoms with Crippen LogP contribution in [0.4, 0.5) is 13.2 Å². The van der Waals surface area contributed by atoms with Gasteiger partial charge in [0.1, 0.15) is 5.60 Å². The number of hydrogen-bond donors (Lipinski definition) is 0. The predicted molar refractivity (Wildman–Crippen MR) is 108 cm³/mol. The summed E-state index contributed by atoms with van der Waals surface area (Å²) < 4.78 is 45.2. The summed E-state index contributed by atoms with van der Waals surface area (Å²) in [6.45, 7) is 6.94. The molecule has 2 atom stereocenters. The van der Waals surface area contributed by atoms with Gasteiger partial charge < -0.3 is 14.5 Å². The molecule has 0 N–H and O–H groups in total. The van der Waals surface area contributed by atoms with Crippen LogP contribution in [0.25, 0.3) is 0 Å². The molecule has 31 heavy (non-hydrogen) atoms. The Balaban J connectivity index is 1.55. The SMILES string of the molecule is CCCN1CCC2(CC1)OC(=O)C(C)C2C(=O)N1CCc2ccc(C(F)(F)F)cc2C1. The molecule has 0 bridgehead atoms. The van der Waals surface area contributed by atoms with E-state index in [0.717, 1.165) is 43.8 Å². The lowest BCUT2D eigenvalue weighted by Gasteiger charge is -2.43. The Kier molecular flexibility index (Phi) is 5.79. The van der Waals surface area contributed by atoms with E-state index in [0.29, 0.717) is 31.4 Å². The molecule has 4 rings (SSSR count). The first kappa shape index (κ1) is 22.1. The second-order valence-electron chi connectivity index (χ2n) is 9.08. The summed E-state index contributed by atoms with van der Waals surface area (Å²) in [7, 11) is 0. The number of ether oxygens (including phenoxy) is 1. The predicted octanol–water partition coefficient (Wildman–Crippen LogP) is 3.64. The zero-order valence-electron chi connectivity index (χ0n) is 18.0. The largest absolute Gasteiger partial charge is 0.458 e. The number of piperidine rings is 1. The maximum atomic E-state index is 13.6. The van der Waals surface area contributed by atoms with Crippen LogP contribution in [0.1, 0.15) is 49.8 Å². The molecule has 3 aliphatic heterocycles. The van der Waals surface area contributed by atoms with Crippen molar-refractivity contribution in [2.24, 2.45) is 11.8 Å². The molecule has 3 aliphatic rings. The maximum absolute atomic E-state index is 13.6. The van der Waals surface area contributed by atoms with Crippen LogP contribution in [0.2, 0.25) is 0 Å². The number of nitrogens with zero attached hydrogens (tertiary/aromatic N) is 2. The Labute approximate surface area is 180 Å². The van der Waals surface area contributed by atoms with E-state index < -0.39 is 29.2 Å². The smallest absolute Gasteiger partial charge is 0.416 e. The summed E-state index contributed by atoms with van der Waals surface area (Å²) in [4.78, 5) is 30.0. The van der Waals surface area contributed by atoms with Gasteiger partial charge in [0.2, 0.25) is 5.91 Å². The summed E-state index contributed by atoms with van der Waals surface area (Å²) in [6.07, 6.45) is -1.65. The number of halogens is 3. The molecule has 3 heterocycles. The van der Waals surface area contributed by atoms with Gasteiger partial charge in [-0.3, -0.25) is 9.59 Å². The van der Waals surface area contributed by atoms with Crippen LogP contribution >= 0.6 is 0 Å². The van der Waals surface area contributed by atoms with E-state index in [-0.39, 0.29) is 18.4 Å². The second-order valence-corrected chi connectivity index (χ2v) is 9.08. The number of alkyl halides is 3. The van der Waals surface area contributed by atoms with Crippen LogP contribution in [-0.2, 0) is 33.5 Å². The summed E-state index contributed by atoms with van der Waals surface area (Å²) in [5.41, 5.74) is -0.134. The van der Waals surface area contributed by atoms with Gasteiger partial charge in [-0.05, 0) is 42.6 Å². The molecule has 0 aromatic heterocycles. The number of benzene rings is 1. The van der Waals surface area contributed by atoms with Crippen LogP contribution < -0.4 is 0 Å². The number of amides is 1. The average Bonchev–Trinajstić information content (AvgIpc) is 2.97. The first-order chi connectivity index (χ1) is 14.6. The van der Waals surface area contributed by atoms with Crippen molar-refractivity contribution in [3.63, 3.8) is 0 Å². The molecule has 0 radical (unpaired) electrons. The van der Waals surface area contributed by atoms with Crippen molar-refractivity contribution in [2.75, 3.05) is 26.2 Å². The Hall–Kier alpha value is -2.09. The van der Waals surface area contributed by atoms with E-state index >= 15 is 0 Å². The molecule has 1 amide bonds. The van der Waals surface area contributed by atoms with E-state index in [1.165, 1.54) is 6.07 Å². The molecule has 2 fully saturated rings. The molecule has 0 saturated carbocycles. The number of fused-ring (bicyclic) bond motifs is 1. The van der Waals surface area contributed by atoms with Gasteiger partial charge in [-0.2, -0.15) is 13.2 Å². The van der Waals surface area contributed by atoms with Crippen LogP contribution in [0, 0.1) is 11.8 Å². The normalized spacial score (nSPS) is 26.1. The molecule has 1 aromatic carbocycles. The number of rotatable bonds is 3. The van der Waals surface area contributed by atoms with Gasteiger partial charge in [-0.25, -0.2) is 0 Å². The molecular weight excluding hydrogens is 409 g/mol. The van der Waals surface area contributed by atoms with Gasteiger partial charge in [0.15, 0.2) is 0 Å². The van der Waals surface area contributed by atoms with Crippen LogP contribution in [0.5, 0.6) is 0 Å². The minimum absolute atomic E-state index is 0.132. The molecular formula is C23H29F3N2O3. The highest BCUT2D eigenvalue weighted by molar-refractivity contribution is 5.89. The third-order valence-corrected chi connectivity index (χ3v) is 7.11. The quantitative estimate of drug-likeness (QED) is 0.676. The van der Waals surface area contributed by atoms with E-state index in [9.17, 15) is 22.8 Å². The van der Waals surface area contributed by atoms with Gasteiger partial charge in [-0.15, -0.1) is 0 Å². The van der Waals surface area contributed by atoms with Gasteiger partial charge in [-0.1, -0.05) is 19.9 Å². The summed E-state index contributed by atoms with van der Waals surface area (Å²) in [6, 6.07) is 3.75. The van der Waals surface area contributed by atoms with Gasteiger partial charge in [0, 0.05) is 39.0 Å². The van der Waals surface area contributed by atoms with Crippen molar-refractivity contribution in [2.45, 2.75) is 57.9 Å². The number of likely N-dealkylation sites (tertiary alicyclic amines) is 1. The summed E-state index contributed by atoms with van der Waals surface area (Å²) in [5.74, 6) is -1.66. The molecule has 8 heteroatoms. The van der Waals surface area contributed by atoms with Crippen molar-refractivity contribution in [3.05, 3.63) is 34.9 Å². The molecule has 1 spiro atoms. The Morgan fingerprint density at radius 3 is 2.55 bits per heavy atom. The summed E-state index contributed by atoms with van der Waals surface area (Å²) >= 11 is 0. The van der Waals surface area contributed by atoms with Gasteiger partial charge in [0.05, 0.1) is 17.4 Å². The van der Waals surface area contributed by atoms with Gasteiger partial charge in [0.25, 0.3) is 0 Å². The lowest BCUT2D eigenvalue weighted by molar-refractivity contribution is -0.158. The molecule has 2 saturated heterocycles. The Morgan fingerprint density at radius 2 is 1.90 bits per heavy atom. The van der Waals surface area contributed by atoms with E-state index in [1.807, 2.05) is 0 Å². The standard InChI is InChI=1S/C23H29F3N2O3/c1-3-9-27-11-7-22(8-12-27)19(15(2)21(30)31-22)20(29)28-10-6-16-4-5-18(23(24,25)26)13-17(16)14-28/h4-5,13,15,19H,3,6-12,14H2,1-2H3. The Bertz CT molecular complexity index is 862. The number of carbonyl (C=O) groups excluding carboxylic acids is 2. The minimum Gasteiger partial charge on any atom is -0.458 e. The highest BCUT2D eigenvalue weighted by Crippen LogP contribution is 2.45. The molecule has 0 aliphatic carbocycles. The van der Waals surface area contributed by atoms with Crippen LogP contribution in [0.3, 0.4) is 0 Å². The first-order valence-corrected chi connectivity index (χ1v) is 11.1. The lowest BCUT2D eigenvalue weighted by Crippen LogP contribution is -2.54. The highest BCUT2D eigenvalue weighted by Gasteiger charge is 2.58. The molecule has 5 nitrogen and oxygen atoms in total. The molecule has 1 aromatic rings. The van der Waals surface area contributed by atoms with Crippen molar-refractivity contribution in [1.29, 1.82) is 0 Å². The number of hydrogen-bond acceptors (Lipinski definition) is 4. The van der Waals surface area contributed by atoms with Crippen molar-refractivity contribution >= 4 is 11.9 Å². The second kappa shape index (κ2) is 8.11. The lowest BCUT2D eigenvalue weighted by atomic mass is 9.74. The average molecular weight is 438 g/mol. The highest BCUT2D eigenvalue weighted by atomic mass is 19.4. The third kappa shape index (κ3) is 4.06. The topological polar surface area (TPSA) is 49.9 Å². The fourth-order valence-electron chi connectivity index (χ4n) is 5.39. The first-order valence-electron chi connectivity index (χ1n) is 11.1. The van der Waals surface area contributed by atoms with E-state index in [4.69, 9.17) is 4.74 Å². The van der Waals surface area contributed by atoms with E-state index in [1.54, 1.807) is 11.8 Å². The monoisotopic (exact) mass is 438 g/mol. The van der Waals surface area contributed by atoms with Crippen molar-refractivity contribution in [3.8, 4) is 0 Å². The van der Waals surface area contributed by atoms with Crippen LogP contribution in [-0.4, -0.2) is 53.5 Å². The maximum Gasteiger partial charge on any atom is 0.416 e. The zero-order chi connectivity index (χ0) is 22.4. The Morgan fingerprint density at radius 1 is 1.19 bits per heavy atom. The fourth-order valence-corrected chi connectivity index (χ4v) is 5.39. The summed E-state index contributed by atoms with van der Waals surface area (Å²) in [5, 5.41) is 0. The van der Waals surface area contributed by atoms with Crippen molar-refractivity contribution in [1.82, 2.24) is 9.80 Å². The zero-order valence-corrected chi connectivity index (χ0v) is 18.0. The van der Waals surface area contributed by atoms with Crippen molar-refractivity contribution < 1.29 is 27.5 Å². The van der Waals surface area contributed by atoms with E-state index in [2.05, 4.69) is 11.8 Å². The number of esters is 1. The number of carbonyl (C=O) groups is 2.